The summed E-state index contributed by atoms with van der Waals surface area (Å²) in [5, 5.41) is 0. The van der Waals surface area contributed by atoms with Gasteiger partial charge in [-0.1, -0.05) is 6.92 Å². The molecular formula is C13H19F3O8S. The highest BCUT2D eigenvalue weighted by Gasteiger charge is 2.50. The van der Waals surface area contributed by atoms with E-state index in [9.17, 15) is 31.2 Å². The second-order valence-electron chi connectivity index (χ2n) is 5.57. The Hall–Kier alpha value is -1.40. The Kier molecular flexibility index (Phi) is 6.81. The zero-order chi connectivity index (χ0) is 19.6. The summed E-state index contributed by atoms with van der Waals surface area (Å²) >= 11 is 0. The minimum Gasteiger partial charge on any atom is -0.458 e. The number of esters is 2. The Morgan fingerprint density at radius 2 is 1.52 bits per heavy atom. The van der Waals surface area contributed by atoms with Crippen molar-refractivity contribution in [2.75, 3.05) is 6.61 Å². The highest BCUT2D eigenvalue weighted by atomic mass is 32.2. The smallest absolute Gasteiger partial charge is 0.458 e. The summed E-state index contributed by atoms with van der Waals surface area (Å²) < 4.78 is 78.6. The Morgan fingerprint density at radius 3 is 1.96 bits per heavy atom. The van der Waals surface area contributed by atoms with Crippen molar-refractivity contribution in [3.8, 4) is 0 Å². The van der Waals surface area contributed by atoms with Gasteiger partial charge < -0.3 is 14.2 Å². The predicted molar refractivity (Wildman–Crippen MR) is 75.5 cm³/mol. The van der Waals surface area contributed by atoms with Gasteiger partial charge in [0.2, 0.25) is 0 Å². The van der Waals surface area contributed by atoms with E-state index in [2.05, 4.69) is 4.18 Å². The van der Waals surface area contributed by atoms with Crippen LogP contribution in [-0.2, 0) is 38.1 Å². The van der Waals surface area contributed by atoms with Crippen molar-refractivity contribution >= 4 is 22.1 Å². The Morgan fingerprint density at radius 1 is 1.04 bits per heavy atom. The van der Waals surface area contributed by atoms with Gasteiger partial charge in [0.1, 0.15) is 12.2 Å². The molecule has 0 spiro atoms. The zero-order valence-electron chi connectivity index (χ0n) is 13.9. The highest BCUT2D eigenvalue weighted by molar-refractivity contribution is 7.87. The van der Waals surface area contributed by atoms with Gasteiger partial charge in [-0.25, -0.2) is 0 Å². The molecule has 12 heteroatoms. The maximum Gasteiger partial charge on any atom is 0.523 e. The average molecular weight is 392 g/mol. The largest absolute Gasteiger partial charge is 0.523 e. The molecule has 25 heavy (non-hydrogen) atoms. The van der Waals surface area contributed by atoms with Crippen molar-refractivity contribution in [2.45, 2.75) is 57.6 Å². The van der Waals surface area contributed by atoms with Gasteiger partial charge in [0.05, 0.1) is 12.7 Å². The molecule has 1 fully saturated rings. The van der Waals surface area contributed by atoms with Crippen LogP contribution in [0, 0.1) is 5.92 Å². The van der Waals surface area contributed by atoms with Crippen LogP contribution in [0.25, 0.3) is 0 Å². The van der Waals surface area contributed by atoms with Gasteiger partial charge in [0, 0.05) is 19.8 Å². The molecule has 1 rings (SSSR count). The Labute approximate surface area is 142 Å². The summed E-state index contributed by atoms with van der Waals surface area (Å²) in [5.41, 5.74) is -5.60. The van der Waals surface area contributed by atoms with Crippen LogP contribution in [0.15, 0.2) is 0 Å². The van der Waals surface area contributed by atoms with Gasteiger partial charge in [-0.3, -0.25) is 13.8 Å². The summed E-state index contributed by atoms with van der Waals surface area (Å²) in [6.07, 6.45) is -4.36. The van der Waals surface area contributed by atoms with Crippen molar-refractivity contribution in [1.82, 2.24) is 0 Å². The van der Waals surface area contributed by atoms with Crippen molar-refractivity contribution in [3.05, 3.63) is 0 Å². The number of carbonyl (C=O) groups excluding carboxylic acids is 2. The van der Waals surface area contributed by atoms with Crippen LogP contribution in [0.2, 0.25) is 0 Å². The Bertz CT molecular complexity index is 603. The molecule has 0 radical (unpaired) electrons. The number of rotatable bonds is 5. The summed E-state index contributed by atoms with van der Waals surface area (Å²) in [6.45, 7) is 4.26. The summed E-state index contributed by atoms with van der Waals surface area (Å²) in [4.78, 5) is 22.6. The minimum atomic E-state index is -5.85. The van der Waals surface area contributed by atoms with Gasteiger partial charge in [-0.2, -0.15) is 21.6 Å². The first-order chi connectivity index (χ1) is 11.3. The van der Waals surface area contributed by atoms with Gasteiger partial charge in [-0.05, 0) is 6.92 Å². The minimum absolute atomic E-state index is 0.469. The van der Waals surface area contributed by atoms with Gasteiger partial charge >= 0.3 is 27.6 Å². The van der Waals surface area contributed by atoms with Gasteiger partial charge in [0.25, 0.3) is 0 Å². The molecule has 1 heterocycles. The van der Waals surface area contributed by atoms with E-state index >= 15 is 0 Å². The average Bonchev–Trinajstić information content (AvgIpc) is 2.43. The summed E-state index contributed by atoms with van der Waals surface area (Å²) in [7, 11) is -5.85. The van der Waals surface area contributed by atoms with E-state index < -0.39 is 64.5 Å². The molecule has 146 valence electrons. The molecule has 1 aliphatic heterocycles. The molecule has 0 aromatic heterocycles. The van der Waals surface area contributed by atoms with E-state index in [-0.39, 0.29) is 0 Å². The fourth-order valence-electron chi connectivity index (χ4n) is 2.31. The van der Waals surface area contributed by atoms with E-state index in [1.54, 1.807) is 13.8 Å². The fourth-order valence-corrected chi connectivity index (χ4v) is 2.76. The molecule has 0 bridgehead atoms. The van der Waals surface area contributed by atoms with Gasteiger partial charge in [-0.15, -0.1) is 0 Å². The van der Waals surface area contributed by atoms with Gasteiger partial charge in [0.15, 0.2) is 6.10 Å². The molecule has 0 saturated carbocycles. The molecule has 1 saturated heterocycles. The van der Waals surface area contributed by atoms with Crippen molar-refractivity contribution < 1.29 is 49.6 Å². The number of hydrogen-bond acceptors (Lipinski definition) is 8. The standard InChI is InChI=1S/C13H19F3O8S/c1-6-7(2)22-10(5-21-25(19,20)13(14,15)16)12(24-9(4)18)11(6)23-8(3)17/h6-7,10-12H,5H2,1-4H3/t6-,7?,10+,11+,12+/m1/s1. The predicted octanol–water partition coefficient (Wildman–Crippen LogP) is 1.14. The third kappa shape index (κ3) is 5.54. The number of alkyl halides is 3. The normalized spacial score (nSPS) is 30.6. The molecular weight excluding hydrogens is 373 g/mol. The second kappa shape index (κ2) is 7.87. The van der Waals surface area contributed by atoms with Crippen LogP contribution >= 0.6 is 0 Å². The third-order valence-corrected chi connectivity index (χ3v) is 4.63. The molecule has 0 aromatic carbocycles. The SMILES string of the molecule is CC(=O)O[C@@H]1[C@@H](OC(C)=O)[C@H](C)C(C)O[C@H]1COS(=O)(=O)C(F)(F)F. The zero-order valence-corrected chi connectivity index (χ0v) is 14.7. The quantitative estimate of drug-likeness (QED) is 0.390. The first kappa shape index (κ1) is 21.6. The van der Waals surface area contributed by atoms with Crippen LogP contribution < -0.4 is 0 Å². The lowest BCUT2D eigenvalue weighted by atomic mass is 9.88. The summed E-state index contributed by atoms with van der Waals surface area (Å²) in [6, 6.07) is 0. The molecule has 0 N–H and O–H groups in total. The fraction of sp³-hybridized carbons (Fsp3) is 0.846. The second-order valence-corrected chi connectivity index (χ2v) is 7.18. The Balaban J connectivity index is 3.04. The lowest BCUT2D eigenvalue weighted by Gasteiger charge is -2.43. The van der Waals surface area contributed by atoms with E-state index in [1.165, 1.54) is 0 Å². The molecule has 8 nitrogen and oxygen atoms in total. The van der Waals surface area contributed by atoms with E-state index in [0.29, 0.717) is 0 Å². The van der Waals surface area contributed by atoms with E-state index in [1.807, 2.05) is 0 Å². The molecule has 5 atom stereocenters. The first-order valence-electron chi connectivity index (χ1n) is 7.22. The van der Waals surface area contributed by atoms with Crippen LogP contribution in [0.5, 0.6) is 0 Å². The van der Waals surface area contributed by atoms with Crippen LogP contribution in [0.3, 0.4) is 0 Å². The van der Waals surface area contributed by atoms with E-state index in [0.717, 1.165) is 13.8 Å². The first-order valence-corrected chi connectivity index (χ1v) is 8.62. The number of carbonyl (C=O) groups is 2. The number of halogens is 3. The van der Waals surface area contributed by atoms with Crippen LogP contribution in [-0.4, -0.2) is 56.9 Å². The van der Waals surface area contributed by atoms with Crippen LogP contribution in [0.4, 0.5) is 13.2 Å². The molecule has 0 amide bonds. The van der Waals surface area contributed by atoms with Crippen LogP contribution in [0.1, 0.15) is 27.7 Å². The lowest BCUT2D eigenvalue weighted by molar-refractivity contribution is -0.224. The lowest BCUT2D eigenvalue weighted by Crippen LogP contribution is -2.57. The monoisotopic (exact) mass is 392 g/mol. The number of hydrogen-bond donors (Lipinski definition) is 0. The molecule has 0 aliphatic carbocycles. The van der Waals surface area contributed by atoms with Crippen molar-refractivity contribution in [3.63, 3.8) is 0 Å². The molecule has 1 aliphatic rings. The van der Waals surface area contributed by atoms with Crippen molar-refractivity contribution in [1.29, 1.82) is 0 Å². The highest BCUT2D eigenvalue weighted by Crippen LogP contribution is 2.32. The maximum atomic E-state index is 12.4. The van der Waals surface area contributed by atoms with E-state index in [4.69, 9.17) is 14.2 Å². The number of ether oxygens (including phenoxy) is 3. The topological polar surface area (TPSA) is 105 Å². The van der Waals surface area contributed by atoms with Crippen molar-refractivity contribution in [2.24, 2.45) is 5.92 Å². The molecule has 0 aromatic rings. The summed E-state index contributed by atoms with van der Waals surface area (Å²) in [5.74, 6) is -1.98. The maximum absolute atomic E-state index is 12.4. The molecule has 1 unspecified atom stereocenters. The third-order valence-electron chi connectivity index (χ3n) is 3.61.